The van der Waals surface area contributed by atoms with Gasteiger partial charge in [-0.15, -0.1) is 0 Å². The fourth-order valence-corrected chi connectivity index (χ4v) is 2.99. The van der Waals surface area contributed by atoms with Crippen molar-refractivity contribution in [2.75, 3.05) is 7.11 Å². The molecule has 116 valence electrons. The minimum absolute atomic E-state index is 0.0140. The molecule has 0 spiro atoms. The number of carbonyl (C=O) groups is 1. The number of nitrogens with one attached hydrogen (secondary N) is 1. The van der Waals surface area contributed by atoms with Gasteiger partial charge in [-0.25, -0.2) is 13.6 Å². The first-order chi connectivity index (χ1) is 9.97. The number of hydrogen-bond donors (Lipinski definition) is 1. The molecule has 5 heteroatoms. The van der Waals surface area contributed by atoms with Crippen LogP contribution in [0.25, 0.3) is 0 Å². The smallest absolute Gasteiger partial charge is 0.330 e. The minimum atomic E-state index is -1.39. The third kappa shape index (κ3) is 3.40. The van der Waals surface area contributed by atoms with Gasteiger partial charge in [0.25, 0.3) is 0 Å². The number of ether oxygens (including phenoxy) is 1. The van der Waals surface area contributed by atoms with Crippen LogP contribution in [0.5, 0.6) is 0 Å². The third-order valence-electron chi connectivity index (χ3n) is 4.16. The van der Waals surface area contributed by atoms with Gasteiger partial charge in [-0.2, -0.15) is 0 Å². The lowest BCUT2D eigenvalue weighted by Crippen LogP contribution is -2.52. The van der Waals surface area contributed by atoms with Crippen molar-refractivity contribution in [3.05, 3.63) is 35.4 Å². The number of hydrogen-bond acceptors (Lipinski definition) is 3. The Morgan fingerprint density at radius 1 is 1.29 bits per heavy atom. The van der Waals surface area contributed by atoms with Crippen LogP contribution in [0.3, 0.4) is 0 Å². The second kappa shape index (κ2) is 6.52. The Kier molecular flexibility index (Phi) is 4.93. The van der Waals surface area contributed by atoms with Gasteiger partial charge in [0.05, 0.1) is 7.11 Å². The first-order valence-corrected chi connectivity index (χ1v) is 7.29. The van der Waals surface area contributed by atoms with Crippen molar-refractivity contribution in [3.63, 3.8) is 0 Å². The van der Waals surface area contributed by atoms with Gasteiger partial charge in [0.2, 0.25) is 0 Å². The van der Waals surface area contributed by atoms with Crippen LogP contribution in [0, 0.1) is 11.6 Å². The molecule has 0 amide bonds. The van der Waals surface area contributed by atoms with Gasteiger partial charge in [0.15, 0.2) is 0 Å². The zero-order chi connectivity index (χ0) is 15.5. The van der Waals surface area contributed by atoms with Crippen LogP contribution in [0.4, 0.5) is 8.78 Å². The minimum Gasteiger partial charge on any atom is -0.467 e. The summed E-state index contributed by atoms with van der Waals surface area (Å²) in [6.45, 7) is 1.55. The van der Waals surface area contributed by atoms with E-state index in [-0.39, 0.29) is 11.6 Å². The highest BCUT2D eigenvalue weighted by molar-refractivity contribution is 5.82. The summed E-state index contributed by atoms with van der Waals surface area (Å²) in [5.41, 5.74) is -1.40. The maximum atomic E-state index is 14.1. The lowest BCUT2D eigenvalue weighted by Gasteiger charge is -2.35. The number of carbonyl (C=O) groups excluding carboxylic acids is 1. The molecule has 0 bridgehead atoms. The normalized spacial score (nSPS) is 19.0. The highest BCUT2D eigenvalue weighted by Crippen LogP contribution is 2.29. The number of esters is 1. The predicted molar refractivity (Wildman–Crippen MR) is 75.7 cm³/mol. The molecule has 21 heavy (non-hydrogen) atoms. The van der Waals surface area contributed by atoms with E-state index in [2.05, 4.69) is 5.32 Å². The quantitative estimate of drug-likeness (QED) is 0.867. The fourth-order valence-electron chi connectivity index (χ4n) is 2.99. The lowest BCUT2D eigenvalue weighted by atomic mass is 9.87. The molecule has 1 aromatic carbocycles. The average molecular weight is 297 g/mol. The van der Waals surface area contributed by atoms with E-state index in [4.69, 9.17) is 4.74 Å². The highest BCUT2D eigenvalue weighted by Gasteiger charge is 2.40. The van der Waals surface area contributed by atoms with Gasteiger partial charge in [0, 0.05) is 11.6 Å². The third-order valence-corrected chi connectivity index (χ3v) is 4.16. The van der Waals surface area contributed by atoms with E-state index in [9.17, 15) is 13.6 Å². The van der Waals surface area contributed by atoms with E-state index in [0.29, 0.717) is 0 Å². The first kappa shape index (κ1) is 15.9. The highest BCUT2D eigenvalue weighted by atomic mass is 19.1. The summed E-state index contributed by atoms with van der Waals surface area (Å²) < 4.78 is 32.4. The molecular weight excluding hydrogens is 276 g/mol. The van der Waals surface area contributed by atoms with Crippen molar-refractivity contribution in [1.82, 2.24) is 5.32 Å². The van der Waals surface area contributed by atoms with E-state index >= 15 is 0 Å². The lowest BCUT2D eigenvalue weighted by molar-refractivity contribution is -0.149. The summed E-state index contributed by atoms with van der Waals surface area (Å²) in [5, 5.41) is 3.19. The summed E-state index contributed by atoms with van der Waals surface area (Å²) in [6.07, 6.45) is 5.15. The van der Waals surface area contributed by atoms with Gasteiger partial charge < -0.3 is 4.74 Å². The van der Waals surface area contributed by atoms with Crippen LogP contribution in [0.1, 0.15) is 44.6 Å². The van der Waals surface area contributed by atoms with Crippen LogP contribution in [-0.4, -0.2) is 19.1 Å². The summed E-state index contributed by atoms with van der Waals surface area (Å²) in [6, 6.07) is 3.23. The topological polar surface area (TPSA) is 38.3 Å². The summed E-state index contributed by atoms with van der Waals surface area (Å²) in [7, 11) is 1.25. The first-order valence-electron chi connectivity index (χ1n) is 7.29. The Bertz CT molecular complexity index is 515. The Balaban J connectivity index is 2.35. The molecule has 3 nitrogen and oxygen atoms in total. The summed E-state index contributed by atoms with van der Waals surface area (Å²) >= 11 is 0. The largest absolute Gasteiger partial charge is 0.467 e. The van der Waals surface area contributed by atoms with Crippen LogP contribution in [0.2, 0.25) is 0 Å². The molecule has 0 aliphatic heterocycles. The molecule has 1 saturated carbocycles. The molecule has 1 atom stereocenters. The zero-order valence-corrected chi connectivity index (χ0v) is 12.4. The van der Waals surface area contributed by atoms with Crippen molar-refractivity contribution in [2.24, 2.45) is 0 Å². The van der Waals surface area contributed by atoms with Gasteiger partial charge in [-0.3, -0.25) is 5.32 Å². The summed E-state index contributed by atoms with van der Waals surface area (Å²) in [4.78, 5) is 12.2. The number of benzene rings is 1. The molecule has 1 aromatic rings. The fraction of sp³-hybridized carbons (Fsp3) is 0.562. The summed E-state index contributed by atoms with van der Waals surface area (Å²) in [5.74, 6) is -1.81. The number of halogens is 2. The molecule has 0 heterocycles. The van der Waals surface area contributed by atoms with Crippen LogP contribution < -0.4 is 5.32 Å². The van der Waals surface area contributed by atoms with Crippen molar-refractivity contribution < 1.29 is 18.3 Å². The monoisotopic (exact) mass is 297 g/mol. The zero-order valence-electron chi connectivity index (χ0n) is 12.4. The molecule has 1 unspecified atom stereocenters. The average Bonchev–Trinajstić information content (AvgIpc) is 2.49. The molecule has 0 saturated heterocycles. The van der Waals surface area contributed by atoms with Crippen molar-refractivity contribution in [3.8, 4) is 0 Å². The molecular formula is C16H21F2NO2. The predicted octanol–water partition coefficient (Wildman–Crippen LogP) is 3.28. The maximum Gasteiger partial charge on any atom is 0.330 e. The van der Waals surface area contributed by atoms with E-state index in [1.165, 1.54) is 13.5 Å². The Labute approximate surface area is 123 Å². The Morgan fingerprint density at radius 2 is 1.95 bits per heavy atom. The molecule has 0 aromatic heterocycles. The van der Waals surface area contributed by atoms with Crippen molar-refractivity contribution >= 4 is 5.97 Å². The van der Waals surface area contributed by atoms with E-state index in [1.807, 2.05) is 0 Å². The van der Waals surface area contributed by atoms with Crippen LogP contribution >= 0.6 is 0 Å². The van der Waals surface area contributed by atoms with Gasteiger partial charge in [-0.1, -0.05) is 19.3 Å². The number of methoxy groups -OCH3 is 1. The van der Waals surface area contributed by atoms with Gasteiger partial charge in [0.1, 0.15) is 17.2 Å². The molecule has 1 fully saturated rings. The molecule has 1 N–H and O–H groups in total. The van der Waals surface area contributed by atoms with E-state index in [0.717, 1.165) is 43.9 Å². The van der Waals surface area contributed by atoms with Gasteiger partial charge in [-0.05, 0) is 38.0 Å². The van der Waals surface area contributed by atoms with Crippen LogP contribution in [-0.2, 0) is 15.1 Å². The molecule has 1 aliphatic rings. The Hall–Kier alpha value is -1.49. The van der Waals surface area contributed by atoms with Crippen molar-refractivity contribution in [2.45, 2.75) is 50.6 Å². The second-order valence-corrected chi connectivity index (χ2v) is 5.72. The standard InChI is InChI=1S/C16H21F2NO2/c1-16(15(20)21-2,19-12-6-4-3-5-7-12)13-10-11(17)8-9-14(13)18/h8-10,12,19H,3-7H2,1-2H3. The molecule has 1 aliphatic carbocycles. The molecule has 2 rings (SSSR count). The number of rotatable bonds is 4. The van der Waals surface area contributed by atoms with Crippen molar-refractivity contribution in [1.29, 1.82) is 0 Å². The van der Waals surface area contributed by atoms with E-state index < -0.39 is 23.1 Å². The molecule has 0 radical (unpaired) electrons. The maximum absolute atomic E-state index is 14.1. The van der Waals surface area contributed by atoms with E-state index in [1.54, 1.807) is 6.92 Å². The Morgan fingerprint density at radius 3 is 2.57 bits per heavy atom. The SMILES string of the molecule is COC(=O)C(C)(NC1CCCCC1)c1cc(F)ccc1F. The second-order valence-electron chi connectivity index (χ2n) is 5.72. The van der Waals surface area contributed by atoms with Crippen LogP contribution in [0.15, 0.2) is 18.2 Å². The van der Waals surface area contributed by atoms with Gasteiger partial charge >= 0.3 is 5.97 Å².